The predicted octanol–water partition coefficient (Wildman–Crippen LogP) is 4.50. The molecular formula is C29H38N2O4. The van der Waals surface area contributed by atoms with E-state index in [1.54, 1.807) is 0 Å². The van der Waals surface area contributed by atoms with E-state index in [4.69, 9.17) is 9.84 Å². The van der Waals surface area contributed by atoms with Crippen molar-refractivity contribution in [1.29, 1.82) is 0 Å². The standard InChI is InChI=1S/C29H38N2O4/c1-28(2,3)23-10-11-25(35-20-26(32)33)22(17-23)19-31-14-12-29(13-15-31)18-24(30(4)27(29)34)16-21-8-6-5-7-9-21/h5-11,17,24H,12-16,18-20H2,1-4H3,(H,32,33)/t24-/m0/s1. The zero-order chi connectivity index (χ0) is 25.2. The minimum Gasteiger partial charge on any atom is -0.482 e. The van der Waals surface area contributed by atoms with E-state index in [9.17, 15) is 9.59 Å². The second kappa shape index (κ2) is 10.0. The van der Waals surface area contributed by atoms with E-state index >= 15 is 0 Å². The molecule has 6 nitrogen and oxygen atoms in total. The smallest absolute Gasteiger partial charge is 0.341 e. The zero-order valence-corrected chi connectivity index (χ0v) is 21.4. The van der Waals surface area contributed by atoms with Crippen molar-refractivity contribution in [3.05, 3.63) is 65.2 Å². The summed E-state index contributed by atoms with van der Waals surface area (Å²) in [6.45, 7) is 8.53. The molecule has 188 valence electrons. The summed E-state index contributed by atoms with van der Waals surface area (Å²) in [5.41, 5.74) is 3.20. The summed E-state index contributed by atoms with van der Waals surface area (Å²) in [6, 6.07) is 16.7. The number of carbonyl (C=O) groups excluding carboxylic acids is 1. The number of ether oxygens (including phenoxy) is 1. The van der Waals surface area contributed by atoms with Crippen LogP contribution in [0.4, 0.5) is 0 Å². The summed E-state index contributed by atoms with van der Waals surface area (Å²) < 4.78 is 5.62. The molecular weight excluding hydrogens is 440 g/mol. The van der Waals surface area contributed by atoms with Gasteiger partial charge >= 0.3 is 5.97 Å². The van der Waals surface area contributed by atoms with Crippen molar-refractivity contribution in [3.8, 4) is 5.75 Å². The van der Waals surface area contributed by atoms with E-state index in [-0.39, 0.29) is 23.5 Å². The topological polar surface area (TPSA) is 70.1 Å². The van der Waals surface area contributed by atoms with Gasteiger partial charge < -0.3 is 14.7 Å². The highest BCUT2D eigenvalue weighted by Crippen LogP contribution is 2.45. The number of benzene rings is 2. The fraction of sp³-hybridized carbons (Fsp3) is 0.517. The average molecular weight is 479 g/mol. The Hall–Kier alpha value is -2.86. The maximum Gasteiger partial charge on any atom is 0.341 e. The summed E-state index contributed by atoms with van der Waals surface area (Å²) in [4.78, 5) is 28.8. The van der Waals surface area contributed by atoms with Crippen molar-refractivity contribution >= 4 is 11.9 Å². The largest absolute Gasteiger partial charge is 0.482 e. The van der Waals surface area contributed by atoms with Gasteiger partial charge in [0.25, 0.3) is 0 Å². The number of likely N-dealkylation sites (N-methyl/N-ethyl adjacent to an activating group) is 1. The number of aliphatic carboxylic acids is 1. The van der Waals surface area contributed by atoms with Crippen molar-refractivity contribution in [2.75, 3.05) is 26.7 Å². The Labute approximate surface area is 208 Å². The monoisotopic (exact) mass is 478 g/mol. The van der Waals surface area contributed by atoms with Gasteiger partial charge in [-0.25, -0.2) is 4.79 Å². The molecule has 0 unspecified atom stereocenters. The first kappa shape index (κ1) is 25.2. The lowest BCUT2D eigenvalue weighted by atomic mass is 9.75. The van der Waals surface area contributed by atoms with Gasteiger partial charge in [-0.1, -0.05) is 63.2 Å². The van der Waals surface area contributed by atoms with Gasteiger partial charge in [0, 0.05) is 25.2 Å². The third kappa shape index (κ3) is 5.69. The highest BCUT2D eigenvalue weighted by molar-refractivity contribution is 5.85. The third-order valence-electron chi connectivity index (χ3n) is 7.75. The highest BCUT2D eigenvalue weighted by Gasteiger charge is 2.51. The van der Waals surface area contributed by atoms with Crippen LogP contribution in [-0.4, -0.2) is 59.6 Å². The van der Waals surface area contributed by atoms with Crippen LogP contribution in [0.2, 0.25) is 0 Å². The van der Waals surface area contributed by atoms with Crippen LogP contribution in [0, 0.1) is 5.41 Å². The summed E-state index contributed by atoms with van der Waals surface area (Å²) >= 11 is 0. The first-order valence-electron chi connectivity index (χ1n) is 12.6. The summed E-state index contributed by atoms with van der Waals surface area (Å²) in [5, 5.41) is 9.08. The molecule has 2 saturated heterocycles. The van der Waals surface area contributed by atoms with Crippen molar-refractivity contribution < 1.29 is 19.4 Å². The predicted molar refractivity (Wildman–Crippen MR) is 137 cm³/mol. The fourth-order valence-corrected chi connectivity index (χ4v) is 5.56. The Morgan fingerprint density at radius 2 is 1.80 bits per heavy atom. The van der Waals surface area contributed by atoms with Crippen LogP contribution in [-0.2, 0) is 28.0 Å². The molecule has 2 heterocycles. The lowest BCUT2D eigenvalue weighted by Gasteiger charge is -2.38. The average Bonchev–Trinajstić information content (AvgIpc) is 3.04. The van der Waals surface area contributed by atoms with Crippen molar-refractivity contribution in [2.24, 2.45) is 5.41 Å². The van der Waals surface area contributed by atoms with E-state index in [0.717, 1.165) is 44.3 Å². The van der Waals surface area contributed by atoms with Crippen molar-refractivity contribution in [1.82, 2.24) is 9.80 Å². The van der Waals surface area contributed by atoms with Gasteiger partial charge in [-0.3, -0.25) is 9.69 Å². The second-order valence-corrected chi connectivity index (χ2v) is 11.3. The van der Waals surface area contributed by atoms with E-state index in [0.29, 0.717) is 18.2 Å². The molecule has 0 saturated carbocycles. The molecule has 2 aliphatic heterocycles. The third-order valence-corrected chi connectivity index (χ3v) is 7.75. The van der Waals surface area contributed by atoms with Crippen LogP contribution in [0.5, 0.6) is 5.75 Å². The molecule has 2 aromatic rings. The van der Waals surface area contributed by atoms with Gasteiger partial charge in [-0.2, -0.15) is 0 Å². The second-order valence-electron chi connectivity index (χ2n) is 11.3. The lowest BCUT2D eigenvalue weighted by Crippen LogP contribution is -2.43. The molecule has 6 heteroatoms. The van der Waals surface area contributed by atoms with Gasteiger partial charge in [0.05, 0.1) is 5.41 Å². The van der Waals surface area contributed by atoms with E-state index in [1.165, 1.54) is 11.1 Å². The number of amides is 1. The minimum absolute atomic E-state index is 0.0132. The molecule has 1 atom stereocenters. The fourth-order valence-electron chi connectivity index (χ4n) is 5.56. The number of hydrogen-bond acceptors (Lipinski definition) is 4. The molecule has 2 fully saturated rings. The number of piperidine rings is 1. The van der Waals surface area contributed by atoms with Crippen LogP contribution in [0.3, 0.4) is 0 Å². The number of hydrogen-bond donors (Lipinski definition) is 1. The van der Waals surface area contributed by atoms with Crippen LogP contribution in [0.25, 0.3) is 0 Å². The number of carbonyl (C=O) groups is 2. The van der Waals surface area contributed by atoms with Crippen LogP contribution >= 0.6 is 0 Å². The zero-order valence-electron chi connectivity index (χ0n) is 21.4. The van der Waals surface area contributed by atoms with Gasteiger partial charge in [0.15, 0.2) is 6.61 Å². The normalized spacial score (nSPS) is 20.4. The Morgan fingerprint density at radius 3 is 2.43 bits per heavy atom. The maximum atomic E-state index is 13.3. The molecule has 0 bridgehead atoms. The van der Waals surface area contributed by atoms with Gasteiger partial charge in [-0.15, -0.1) is 0 Å². The van der Waals surface area contributed by atoms with Crippen LogP contribution < -0.4 is 4.74 Å². The summed E-state index contributed by atoms with van der Waals surface area (Å²) in [7, 11) is 1.96. The Morgan fingerprint density at radius 1 is 1.11 bits per heavy atom. The lowest BCUT2D eigenvalue weighted by molar-refractivity contribution is -0.139. The van der Waals surface area contributed by atoms with Gasteiger partial charge in [-0.05, 0) is 61.4 Å². The molecule has 0 radical (unpaired) electrons. The number of carboxylic acids is 1. The van der Waals surface area contributed by atoms with E-state index in [1.807, 2.05) is 30.1 Å². The number of likely N-dealkylation sites (tertiary alicyclic amines) is 2. The summed E-state index contributed by atoms with van der Waals surface area (Å²) in [5.74, 6) is -0.0664. The molecule has 0 aromatic heterocycles. The Bertz CT molecular complexity index is 1050. The Kier molecular flexibility index (Phi) is 7.22. The van der Waals surface area contributed by atoms with Crippen LogP contribution in [0.15, 0.2) is 48.5 Å². The van der Waals surface area contributed by atoms with E-state index < -0.39 is 5.97 Å². The summed E-state index contributed by atoms with van der Waals surface area (Å²) in [6.07, 6.45) is 3.52. The van der Waals surface area contributed by atoms with Crippen molar-refractivity contribution in [2.45, 2.75) is 64.5 Å². The van der Waals surface area contributed by atoms with Gasteiger partial charge in [0.2, 0.25) is 5.91 Å². The van der Waals surface area contributed by atoms with Crippen molar-refractivity contribution in [3.63, 3.8) is 0 Å². The minimum atomic E-state index is -0.982. The number of nitrogens with zero attached hydrogens (tertiary/aromatic N) is 2. The molecule has 2 aromatic carbocycles. The van der Waals surface area contributed by atoms with E-state index in [2.05, 4.69) is 56.0 Å². The number of carboxylic acid groups (broad SMARTS) is 1. The maximum absolute atomic E-state index is 13.3. The molecule has 35 heavy (non-hydrogen) atoms. The number of rotatable bonds is 7. The SMILES string of the molecule is CN1C(=O)C2(CCN(Cc3cc(C(C)(C)C)ccc3OCC(=O)O)CC2)C[C@@H]1Cc1ccccc1. The first-order chi connectivity index (χ1) is 16.6. The molecule has 4 rings (SSSR count). The molecule has 1 amide bonds. The van der Waals surface area contributed by atoms with Gasteiger partial charge in [0.1, 0.15) is 5.75 Å². The Balaban J connectivity index is 1.44. The van der Waals surface area contributed by atoms with Crippen LogP contribution in [0.1, 0.15) is 56.7 Å². The molecule has 1 N–H and O–H groups in total. The quantitative estimate of drug-likeness (QED) is 0.634. The molecule has 1 spiro atoms. The first-order valence-corrected chi connectivity index (χ1v) is 12.6. The molecule has 2 aliphatic rings. The molecule has 0 aliphatic carbocycles. The highest BCUT2D eigenvalue weighted by atomic mass is 16.5.